The second kappa shape index (κ2) is 6.23. The molecule has 2 aliphatic rings. The highest BCUT2D eigenvalue weighted by molar-refractivity contribution is 5.76. The number of hydrogen-bond acceptors (Lipinski definition) is 5. The van der Waals surface area contributed by atoms with Gasteiger partial charge in [0.2, 0.25) is 0 Å². The van der Waals surface area contributed by atoms with Crippen LogP contribution in [0, 0.1) is 0 Å². The molecule has 5 nitrogen and oxygen atoms in total. The van der Waals surface area contributed by atoms with Crippen molar-refractivity contribution in [1.82, 2.24) is 10.2 Å². The molecule has 2 rings (SSSR count). The van der Waals surface area contributed by atoms with Gasteiger partial charge in [-0.2, -0.15) is 0 Å². The van der Waals surface area contributed by atoms with Crippen molar-refractivity contribution in [2.45, 2.75) is 70.7 Å². The number of nitrogens with zero attached hydrogens (tertiary/aromatic N) is 1. The van der Waals surface area contributed by atoms with Crippen molar-refractivity contribution in [1.29, 1.82) is 0 Å². The normalized spacial score (nSPS) is 26.3. The second-order valence-corrected chi connectivity index (χ2v) is 7.54. The molecule has 1 atom stereocenters. The minimum atomic E-state index is -0.234. The molecule has 0 radical (unpaired) electrons. The van der Waals surface area contributed by atoms with E-state index in [9.17, 15) is 4.79 Å². The Morgan fingerprint density at radius 3 is 2.33 bits per heavy atom. The van der Waals surface area contributed by atoms with Gasteiger partial charge in [0, 0.05) is 25.7 Å². The van der Waals surface area contributed by atoms with Crippen LogP contribution in [0.5, 0.6) is 0 Å². The van der Waals surface area contributed by atoms with Crippen LogP contribution in [0.1, 0.15) is 47.5 Å². The van der Waals surface area contributed by atoms with E-state index in [-0.39, 0.29) is 23.2 Å². The number of rotatable bonds is 6. The lowest BCUT2D eigenvalue weighted by Gasteiger charge is -2.47. The van der Waals surface area contributed by atoms with Crippen LogP contribution < -0.4 is 5.32 Å². The Bertz CT molecular complexity index is 362. The van der Waals surface area contributed by atoms with Gasteiger partial charge in [0.25, 0.3) is 0 Å². The second-order valence-electron chi connectivity index (χ2n) is 7.54. The lowest BCUT2D eigenvalue weighted by atomic mass is 9.98. The minimum absolute atomic E-state index is 0.133. The summed E-state index contributed by atoms with van der Waals surface area (Å²) in [6.07, 6.45) is 2.33. The van der Waals surface area contributed by atoms with Crippen molar-refractivity contribution < 1.29 is 14.3 Å². The van der Waals surface area contributed by atoms with Crippen molar-refractivity contribution in [3.63, 3.8) is 0 Å². The first-order valence-electron chi connectivity index (χ1n) is 8.06. The molecule has 0 spiro atoms. The molecule has 1 saturated carbocycles. The van der Waals surface area contributed by atoms with Crippen LogP contribution in [0.15, 0.2) is 0 Å². The van der Waals surface area contributed by atoms with E-state index in [0.717, 1.165) is 25.9 Å². The molecule has 0 aromatic heterocycles. The zero-order valence-corrected chi connectivity index (χ0v) is 14.1. The highest BCUT2D eigenvalue weighted by atomic mass is 16.5. The standard InChI is InChI=1S/C16H30N2O3/c1-6-20-14(19)13(17-12-7-8-12)9-18-10-15(2,3)21-16(4,5)11-18/h12-13,17H,6-11H2,1-5H3. The number of carbonyl (C=O) groups is 1. The van der Waals surface area contributed by atoms with E-state index in [4.69, 9.17) is 9.47 Å². The Hall–Kier alpha value is -0.650. The lowest BCUT2D eigenvalue weighted by Crippen LogP contribution is -2.60. The van der Waals surface area contributed by atoms with Gasteiger partial charge in [-0.25, -0.2) is 0 Å². The van der Waals surface area contributed by atoms with E-state index in [2.05, 4.69) is 37.9 Å². The van der Waals surface area contributed by atoms with E-state index < -0.39 is 0 Å². The van der Waals surface area contributed by atoms with Gasteiger partial charge in [0.05, 0.1) is 17.8 Å². The predicted octanol–water partition coefficient (Wildman–Crippen LogP) is 1.56. The van der Waals surface area contributed by atoms with Crippen molar-refractivity contribution >= 4 is 5.97 Å². The van der Waals surface area contributed by atoms with Crippen molar-refractivity contribution in [3.05, 3.63) is 0 Å². The van der Waals surface area contributed by atoms with Crippen LogP contribution in [0.25, 0.3) is 0 Å². The molecule has 5 heteroatoms. The van der Waals surface area contributed by atoms with Crippen molar-refractivity contribution in [2.24, 2.45) is 0 Å². The molecule has 1 heterocycles. The summed E-state index contributed by atoms with van der Waals surface area (Å²) in [7, 11) is 0. The van der Waals surface area contributed by atoms with Gasteiger partial charge in [-0.15, -0.1) is 0 Å². The largest absolute Gasteiger partial charge is 0.465 e. The quantitative estimate of drug-likeness (QED) is 0.754. The average Bonchev–Trinajstić information content (AvgIpc) is 3.08. The molecule has 0 bridgehead atoms. The van der Waals surface area contributed by atoms with Crippen LogP contribution in [0.2, 0.25) is 0 Å². The van der Waals surface area contributed by atoms with E-state index in [1.807, 2.05) is 6.92 Å². The highest BCUT2D eigenvalue weighted by Crippen LogP contribution is 2.28. The van der Waals surface area contributed by atoms with E-state index in [1.54, 1.807) is 0 Å². The topological polar surface area (TPSA) is 50.8 Å². The monoisotopic (exact) mass is 298 g/mol. The first kappa shape index (κ1) is 16.7. The Morgan fingerprint density at radius 2 is 1.86 bits per heavy atom. The van der Waals surface area contributed by atoms with Gasteiger partial charge in [-0.3, -0.25) is 9.69 Å². The Kier molecular flexibility index (Phi) is 4.96. The van der Waals surface area contributed by atoms with Crippen LogP contribution in [-0.4, -0.2) is 60.4 Å². The number of ether oxygens (including phenoxy) is 2. The van der Waals surface area contributed by atoms with E-state index >= 15 is 0 Å². The summed E-state index contributed by atoms with van der Waals surface area (Å²) in [6.45, 7) is 13.1. The molecule has 1 aliphatic carbocycles. The summed E-state index contributed by atoms with van der Waals surface area (Å²) >= 11 is 0. The van der Waals surface area contributed by atoms with Crippen LogP contribution in [-0.2, 0) is 14.3 Å². The zero-order chi connectivity index (χ0) is 15.7. The van der Waals surface area contributed by atoms with E-state index in [0.29, 0.717) is 19.2 Å². The Morgan fingerprint density at radius 1 is 1.29 bits per heavy atom. The number of carbonyl (C=O) groups excluding carboxylic acids is 1. The van der Waals surface area contributed by atoms with Crippen LogP contribution in [0.3, 0.4) is 0 Å². The molecule has 1 N–H and O–H groups in total. The van der Waals surface area contributed by atoms with Crippen LogP contribution in [0.4, 0.5) is 0 Å². The molecule has 21 heavy (non-hydrogen) atoms. The van der Waals surface area contributed by atoms with Gasteiger partial charge >= 0.3 is 5.97 Å². The summed E-state index contributed by atoms with van der Waals surface area (Å²) in [6, 6.07) is 0.253. The fraction of sp³-hybridized carbons (Fsp3) is 0.938. The molecule has 1 saturated heterocycles. The Balaban J connectivity index is 1.99. The maximum Gasteiger partial charge on any atom is 0.324 e. The van der Waals surface area contributed by atoms with Gasteiger partial charge in [-0.1, -0.05) is 0 Å². The third-order valence-corrected chi connectivity index (χ3v) is 3.79. The summed E-state index contributed by atoms with van der Waals surface area (Å²) < 4.78 is 11.3. The van der Waals surface area contributed by atoms with Crippen molar-refractivity contribution in [2.75, 3.05) is 26.2 Å². The van der Waals surface area contributed by atoms with Gasteiger partial charge in [-0.05, 0) is 47.5 Å². The van der Waals surface area contributed by atoms with Gasteiger partial charge in [0.1, 0.15) is 6.04 Å². The fourth-order valence-electron chi connectivity index (χ4n) is 3.31. The third kappa shape index (κ3) is 5.24. The smallest absolute Gasteiger partial charge is 0.324 e. The highest BCUT2D eigenvalue weighted by Gasteiger charge is 2.40. The summed E-state index contributed by atoms with van der Waals surface area (Å²) in [4.78, 5) is 14.5. The summed E-state index contributed by atoms with van der Waals surface area (Å²) in [5, 5.41) is 3.42. The molecule has 1 aliphatic heterocycles. The molecule has 2 fully saturated rings. The summed E-state index contributed by atoms with van der Waals surface area (Å²) in [5.74, 6) is -0.133. The maximum absolute atomic E-state index is 12.2. The van der Waals surface area contributed by atoms with Gasteiger partial charge in [0.15, 0.2) is 0 Å². The number of morpholine rings is 1. The van der Waals surface area contributed by atoms with E-state index in [1.165, 1.54) is 0 Å². The van der Waals surface area contributed by atoms with Gasteiger partial charge < -0.3 is 14.8 Å². The predicted molar refractivity (Wildman–Crippen MR) is 82.3 cm³/mol. The molecular weight excluding hydrogens is 268 g/mol. The minimum Gasteiger partial charge on any atom is -0.465 e. The fourth-order valence-corrected chi connectivity index (χ4v) is 3.31. The van der Waals surface area contributed by atoms with Crippen LogP contribution >= 0.6 is 0 Å². The summed E-state index contributed by atoms with van der Waals surface area (Å²) in [5.41, 5.74) is -0.388. The van der Waals surface area contributed by atoms with Crippen molar-refractivity contribution in [3.8, 4) is 0 Å². The SMILES string of the molecule is CCOC(=O)C(CN1CC(C)(C)OC(C)(C)C1)NC1CC1. The number of nitrogens with one attached hydrogen (secondary N) is 1. The number of esters is 1. The number of hydrogen-bond donors (Lipinski definition) is 1. The zero-order valence-electron chi connectivity index (χ0n) is 14.1. The average molecular weight is 298 g/mol. The molecular formula is C16H30N2O3. The first-order valence-corrected chi connectivity index (χ1v) is 8.06. The maximum atomic E-state index is 12.2. The Labute approximate surface area is 128 Å². The molecule has 1 unspecified atom stereocenters. The molecule has 122 valence electrons. The third-order valence-electron chi connectivity index (χ3n) is 3.79. The molecule has 0 aromatic rings. The first-order chi connectivity index (χ1) is 9.71. The molecule has 0 aromatic carbocycles. The molecule has 0 amide bonds. The lowest BCUT2D eigenvalue weighted by molar-refractivity contribution is -0.183.